The van der Waals surface area contributed by atoms with Gasteiger partial charge in [0.05, 0.1) is 12.2 Å². The van der Waals surface area contributed by atoms with Crippen LogP contribution in [0.1, 0.15) is 58.7 Å². The number of guanidine groups is 1. The zero-order valence-electron chi connectivity index (χ0n) is 15.4. The largest absolute Gasteiger partial charge is 0.357 e. The van der Waals surface area contributed by atoms with Crippen molar-refractivity contribution >= 4 is 29.9 Å². The van der Waals surface area contributed by atoms with Gasteiger partial charge in [0.25, 0.3) is 0 Å². The predicted octanol–water partition coefficient (Wildman–Crippen LogP) is 4.28. The first-order valence-electron chi connectivity index (χ1n) is 8.27. The molecule has 5 heteroatoms. The van der Waals surface area contributed by atoms with Gasteiger partial charge >= 0.3 is 0 Å². The maximum absolute atomic E-state index is 4.66. The lowest BCUT2D eigenvalue weighted by Gasteiger charge is -2.23. The average Bonchev–Trinajstić information content (AvgIpc) is 2.43. The summed E-state index contributed by atoms with van der Waals surface area (Å²) in [5.74, 6) is 0.869. The van der Waals surface area contributed by atoms with Crippen LogP contribution in [0.15, 0.2) is 23.3 Å². The molecule has 0 fully saturated rings. The highest BCUT2D eigenvalue weighted by molar-refractivity contribution is 14.0. The van der Waals surface area contributed by atoms with E-state index in [0.717, 1.165) is 24.6 Å². The first kappa shape index (κ1) is 22.1. The summed E-state index contributed by atoms with van der Waals surface area (Å²) in [5, 5.41) is 6.80. The lowest BCUT2D eigenvalue weighted by molar-refractivity contribution is 0.346. The Kier molecular flexibility index (Phi) is 10.4. The molecule has 0 aliphatic heterocycles. The quantitative estimate of drug-likeness (QED) is 0.401. The van der Waals surface area contributed by atoms with Gasteiger partial charge in [-0.2, -0.15) is 0 Å². The van der Waals surface area contributed by atoms with Gasteiger partial charge in [-0.05, 0) is 50.7 Å². The molecular weight excluding hydrogens is 399 g/mol. The molecule has 1 atom stereocenters. The number of pyridine rings is 1. The molecule has 0 saturated carbocycles. The molecular formula is C18H33IN4. The highest BCUT2D eigenvalue weighted by atomic mass is 127. The molecule has 1 unspecified atom stereocenters. The Balaban J connectivity index is 0.00000484. The molecule has 0 spiro atoms. The maximum Gasteiger partial charge on any atom is 0.191 e. The van der Waals surface area contributed by atoms with Crippen molar-refractivity contribution in [1.29, 1.82) is 0 Å². The van der Waals surface area contributed by atoms with Crippen LogP contribution in [0, 0.1) is 12.3 Å². The van der Waals surface area contributed by atoms with E-state index in [4.69, 9.17) is 0 Å². The van der Waals surface area contributed by atoms with Gasteiger partial charge in [0, 0.05) is 18.8 Å². The predicted molar refractivity (Wildman–Crippen MR) is 110 cm³/mol. The molecule has 1 aromatic heterocycles. The van der Waals surface area contributed by atoms with Crippen molar-refractivity contribution in [1.82, 2.24) is 15.6 Å². The average molecular weight is 432 g/mol. The number of nitrogens with one attached hydrogen (secondary N) is 2. The Labute approximate surface area is 159 Å². The first-order chi connectivity index (χ1) is 10.3. The Bertz CT molecular complexity index is 480. The summed E-state index contributed by atoms with van der Waals surface area (Å²) in [7, 11) is 0. The molecule has 0 bridgehead atoms. The normalized spacial score (nSPS) is 13.2. The van der Waals surface area contributed by atoms with Crippen LogP contribution in [-0.2, 0) is 6.54 Å². The van der Waals surface area contributed by atoms with E-state index >= 15 is 0 Å². The van der Waals surface area contributed by atoms with Gasteiger partial charge in [-0.25, -0.2) is 4.99 Å². The summed E-state index contributed by atoms with van der Waals surface area (Å²) in [4.78, 5) is 9.06. The zero-order chi connectivity index (χ0) is 16.6. The summed E-state index contributed by atoms with van der Waals surface area (Å²) in [6.07, 6.45) is 4.15. The van der Waals surface area contributed by atoms with E-state index in [1.54, 1.807) is 0 Å². The van der Waals surface area contributed by atoms with Crippen LogP contribution < -0.4 is 10.6 Å². The second-order valence-corrected chi connectivity index (χ2v) is 7.11. The van der Waals surface area contributed by atoms with E-state index in [2.05, 4.69) is 68.2 Å². The minimum atomic E-state index is 0. The fourth-order valence-electron chi connectivity index (χ4n) is 2.11. The molecule has 0 radical (unpaired) electrons. The SMILES string of the molecule is CCNC(=NCc1ncccc1C)NC(C)CCC(C)(C)C.I. The minimum Gasteiger partial charge on any atom is -0.357 e. The van der Waals surface area contributed by atoms with E-state index in [0.29, 0.717) is 18.0 Å². The Hall–Kier alpha value is -0.850. The lowest BCUT2D eigenvalue weighted by Crippen LogP contribution is -2.42. The van der Waals surface area contributed by atoms with Crippen molar-refractivity contribution in [2.45, 2.75) is 67.0 Å². The van der Waals surface area contributed by atoms with Gasteiger partial charge in [-0.3, -0.25) is 4.98 Å². The number of nitrogens with zero attached hydrogens (tertiary/aromatic N) is 2. The summed E-state index contributed by atoms with van der Waals surface area (Å²) in [6.45, 7) is 14.7. The van der Waals surface area contributed by atoms with Crippen LogP contribution in [0.3, 0.4) is 0 Å². The molecule has 4 nitrogen and oxygen atoms in total. The van der Waals surface area contributed by atoms with Gasteiger partial charge in [0.1, 0.15) is 0 Å². The third kappa shape index (κ3) is 9.79. The van der Waals surface area contributed by atoms with E-state index in [1.165, 1.54) is 12.0 Å². The Morgan fingerprint density at radius 3 is 2.61 bits per heavy atom. The molecule has 0 amide bonds. The van der Waals surface area contributed by atoms with Crippen LogP contribution in [-0.4, -0.2) is 23.5 Å². The number of hydrogen-bond acceptors (Lipinski definition) is 2. The summed E-state index contributed by atoms with van der Waals surface area (Å²) in [6, 6.07) is 4.44. The molecule has 1 rings (SSSR count). The second-order valence-electron chi connectivity index (χ2n) is 7.11. The highest BCUT2D eigenvalue weighted by Gasteiger charge is 2.13. The van der Waals surface area contributed by atoms with Gasteiger partial charge in [0.2, 0.25) is 0 Å². The first-order valence-corrected chi connectivity index (χ1v) is 8.27. The number of aromatic nitrogens is 1. The highest BCUT2D eigenvalue weighted by Crippen LogP contribution is 2.21. The van der Waals surface area contributed by atoms with E-state index in [9.17, 15) is 0 Å². The molecule has 0 saturated heterocycles. The van der Waals surface area contributed by atoms with Gasteiger partial charge < -0.3 is 10.6 Å². The second kappa shape index (κ2) is 10.8. The Morgan fingerprint density at radius 2 is 2.04 bits per heavy atom. The van der Waals surface area contributed by atoms with Crippen LogP contribution >= 0.6 is 24.0 Å². The number of rotatable bonds is 6. The van der Waals surface area contributed by atoms with E-state index in [-0.39, 0.29) is 24.0 Å². The van der Waals surface area contributed by atoms with Crippen LogP contribution in [0.2, 0.25) is 0 Å². The monoisotopic (exact) mass is 432 g/mol. The summed E-state index contributed by atoms with van der Waals surface area (Å²) < 4.78 is 0. The minimum absolute atomic E-state index is 0. The van der Waals surface area contributed by atoms with E-state index in [1.807, 2.05) is 12.3 Å². The number of aliphatic imine (C=N–C) groups is 1. The molecule has 0 aliphatic rings. The number of aryl methyl sites for hydroxylation is 1. The molecule has 0 aromatic carbocycles. The van der Waals surface area contributed by atoms with E-state index < -0.39 is 0 Å². The molecule has 132 valence electrons. The van der Waals surface area contributed by atoms with Crippen molar-refractivity contribution in [3.05, 3.63) is 29.6 Å². The molecule has 1 heterocycles. The number of hydrogen-bond donors (Lipinski definition) is 2. The van der Waals surface area contributed by atoms with Gasteiger partial charge in [0.15, 0.2) is 5.96 Å². The summed E-state index contributed by atoms with van der Waals surface area (Å²) in [5.41, 5.74) is 2.58. The van der Waals surface area contributed by atoms with Crippen molar-refractivity contribution in [3.8, 4) is 0 Å². The van der Waals surface area contributed by atoms with Gasteiger partial charge in [-0.15, -0.1) is 24.0 Å². The topological polar surface area (TPSA) is 49.3 Å². The smallest absolute Gasteiger partial charge is 0.191 e. The van der Waals surface area contributed by atoms with Crippen LogP contribution in [0.5, 0.6) is 0 Å². The fourth-order valence-corrected chi connectivity index (χ4v) is 2.11. The maximum atomic E-state index is 4.66. The molecule has 2 N–H and O–H groups in total. The van der Waals surface area contributed by atoms with Crippen LogP contribution in [0.25, 0.3) is 0 Å². The standard InChI is InChI=1S/C18H32N4.HI/c1-7-19-17(22-15(3)10-11-18(4,5)6)21-13-16-14(2)9-8-12-20-16;/h8-9,12,15H,7,10-11,13H2,1-6H3,(H2,19,21,22);1H. The molecule has 1 aromatic rings. The molecule has 23 heavy (non-hydrogen) atoms. The Morgan fingerprint density at radius 1 is 1.35 bits per heavy atom. The lowest BCUT2D eigenvalue weighted by atomic mass is 9.89. The van der Waals surface area contributed by atoms with Crippen molar-refractivity contribution in [3.63, 3.8) is 0 Å². The fraction of sp³-hybridized carbons (Fsp3) is 0.667. The number of halogens is 1. The van der Waals surface area contributed by atoms with Crippen molar-refractivity contribution in [2.24, 2.45) is 10.4 Å². The third-order valence-electron chi connectivity index (χ3n) is 3.56. The van der Waals surface area contributed by atoms with Crippen molar-refractivity contribution < 1.29 is 0 Å². The van der Waals surface area contributed by atoms with Crippen molar-refractivity contribution in [2.75, 3.05) is 6.54 Å². The zero-order valence-corrected chi connectivity index (χ0v) is 17.8. The van der Waals surface area contributed by atoms with Crippen LogP contribution in [0.4, 0.5) is 0 Å². The van der Waals surface area contributed by atoms with Gasteiger partial charge in [-0.1, -0.05) is 26.8 Å². The molecule has 0 aliphatic carbocycles. The summed E-state index contributed by atoms with van der Waals surface area (Å²) >= 11 is 0. The third-order valence-corrected chi connectivity index (χ3v) is 3.56.